The molecule has 140 valence electrons. The molecule has 2 aromatic heterocycles. The molecule has 3 aromatic rings. The number of hydrogen-bond acceptors (Lipinski definition) is 8. The van der Waals surface area contributed by atoms with Gasteiger partial charge in [0.25, 0.3) is 0 Å². The van der Waals surface area contributed by atoms with E-state index >= 15 is 0 Å². The molecule has 0 radical (unpaired) electrons. The van der Waals surface area contributed by atoms with E-state index in [1.165, 1.54) is 12.1 Å². The summed E-state index contributed by atoms with van der Waals surface area (Å²) in [6.07, 6.45) is 4.69. The van der Waals surface area contributed by atoms with Crippen molar-refractivity contribution in [3.05, 3.63) is 60.3 Å². The van der Waals surface area contributed by atoms with Crippen LogP contribution in [0.2, 0.25) is 0 Å². The molecule has 0 fully saturated rings. The predicted molar refractivity (Wildman–Crippen MR) is 98.4 cm³/mol. The van der Waals surface area contributed by atoms with Crippen LogP contribution in [0.1, 0.15) is 18.5 Å². The van der Waals surface area contributed by atoms with Gasteiger partial charge in [0, 0.05) is 18.5 Å². The summed E-state index contributed by atoms with van der Waals surface area (Å²) in [4.78, 5) is 16.8. The van der Waals surface area contributed by atoms with E-state index in [4.69, 9.17) is 9.84 Å². The Kier molecular flexibility index (Phi) is 6.06. The van der Waals surface area contributed by atoms with E-state index in [0.717, 1.165) is 5.56 Å². The number of anilines is 3. The molecule has 0 bridgehead atoms. The molecular formula is C18H19FN6O2. The van der Waals surface area contributed by atoms with Crippen LogP contribution in [-0.2, 0) is 0 Å². The summed E-state index contributed by atoms with van der Waals surface area (Å²) in [5, 5.41) is 15.2. The zero-order chi connectivity index (χ0) is 19.1. The van der Waals surface area contributed by atoms with E-state index in [0.29, 0.717) is 23.5 Å². The van der Waals surface area contributed by atoms with Gasteiger partial charge in [-0.05, 0) is 24.6 Å². The largest absolute Gasteiger partial charge is 0.475 e. The third-order valence-electron chi connectivity index (χ3n) is 3.58. The monoisotopic (exact) mass is 370 g/mol. The third-order valence-corrected chi connectivity index (χ3v) is 3.58. The van der Waals surface area contributed by atoms with E-state index in [9.17, 15) is 4.39 Å². The van der Waals surface area contributed by atoms with Gasteiger partial charge >= 0.3 is 0 Å². The van der Waals surface area contributed by atoms with E-state index in [2.05, 4.69) is 30.6 Å². The summed E-state index contributed by atoms with van der Waals surface area (Å²) in [5.74, 6) is 1.28. The highest BCUT2D eigenvalue weighted by Crippen LogP contribution is 2.22. The van der Waals surface area contributed by atoms with Gasteiger partial charge in [0.1, 0.15) is 24.1 Å². The molecule has 0 saturated heterocycles. The molecular weight excluding hydrogens is 351 g/mol. The number of ether oxygens (including phenoxy) is 1. The minimum absolute atomic E-state index is 0.106. The average Bonchev–Trinajstić information content (AvgIpc) is 2.67. The number of aliphatic hydroxyl groups excluding tert-OH is 1. The zero-order valence-electron chi connectivity index (χ0n) is 14.6. The zero-order valence-corrected chi connectivity index (χ0v) is 14.6. The topological polar surface area (TPSA) is 105 Å². The van der Waals surface area contributed by atoms with Gasteiger partial charge in [-0.25, -0.2) is 9.37 Å². The summed E-state index contributed by atoms with van der Waals surface area (Å²) in [7, 11) is 0. The smallest absolute Gasteiger partial charge is 0.228 e. The molecule has 9 heteroatoms. The molecule has 0 saturated carbocycles. The maximum absolute atomic E-state index is 13.1. The first-order valence-electron chi connectivity index (χ1n) is 8.32. The van der Waals surface area contributed by atoms with Gasteiger partial charge < -0.3 is 20.5 Å². The van der Waals surface area contributed by atoms with Crippen LogP contribution in [0.25, 0.3) is 0 Å². The molecule has 3 rings (SSSR count). The number of nitrogens with zero attached hydrogens (tertiary/aromatic N) is 4. The number of nitrogens with one attached hydrogen (secondary N) is 2. The van der Waals surface area contributed by atoms with Crippen LogP contribution < -0.4 is 15.4 Å². The van der Waals surface area contributed by atoms with Crippen molar-refractivity contribution in [2.24, 2.45) is 0 Å². The summed E-state index contributed by atoms with van der Waals surface area (Å²) in [5.41, 5.74) is 0.880. The SMILES string of the molecule is CC(Nc1nc(Nc2cnccn2)cc(OCCO)n1)c1ccc(F)cc1. The molecule has 0 aliphatic carbocycles. The Hall–Kier alpha value is -3.33. The van der Waals surface area contributed by atoms with Crippen molar-refractivity contribution >= 4 is 17.6 Å². The normalized spacial score (nSPS) is 11.7. The van der Waals surface area contributed by atoms with E-state index < -0.39 is 0 Å². The van der Waals surface area contributed by atoms with Crippen LogP contribution >= 0.6 is 0 Å². The molecule has 8 nitrogen and oxygen atoms in total. The van der Waals surface area contributed by atoms with Crippen molar-refractivity contribution in [1.29, 1.82) is 0 Å². The van der Waals surface area contributed by atoms with Crippen LogP contribution in [0.3, 0.4) is 0 Å². The number of rotatable bonds is 8. The van der Waals surface area contributed by atoms with E-state index in [1.54, 1.807) is 36.8 Å². The van der Waals surface area contributed by atoms with E-state index in [1.807, 2.05) is 6.92 Å². The second-order valence-corrected chi connectivity index (χ2v) is 5.62. The van der Waals surface area contributed by atoms with Crippen molar-refractivity contribution in [3.63, 3.8) is 0 Å². The van der Waals surface area contributed by atoms with Gasteiger partial charge in [-0.1, -0.05) is 12.1 Å². The van der Waals surface area contributed by atoms with Crippen molar-refractivity contribution < 1.29 is 14.2 Å². The van der Waals surface area contributed by atoms with Crippen LogP contribution in [0.4, 0.5) is 22.0 Å². The Labute approximate surface area is 155 Å². The first-order valence-corrected chi connectivity index (χ1v) is 8.32. The molecule has 1 atom stereocenters. The summed E-state index contributed by atoms with van der Waals surface area (Å²) in [6.45, 7) is 1.88. The van der Waals surface area contributed by atoms with Gasteiger partial charge in [-0.3, -0.25) is 4.98 Å². The first kappa shape index (κ1) is 18.5. The van der Waals surface area contributed by atoms with Crippen molar-refractivity contribution in [3.8, 4) is 5.88 Å². The molecule has 0 amide bonds. The second-order valence-electron chi connectivity index (χ2n) is 5.62. The molecule has 0 aliphatic heterocycles. The highest BCUT2D eigenvalue weighted by atomic mass is 19.1. The Morgan fingerprint density at radius 3 is 2.67 bits per heavy atom. The molecule has 3 N–H and O–H groups in total. The number of aliphatic hydroxyl groups is 1. The van der Waals surface area contributed by atoms with Crippen molar-refractivity contribution in [1.82, 2.24) is 19.9 Å². The maximum Gasteiger partial charge on any atom is 0.228 e. The molecule has 0 spiro atoms. The van der Waals surface area contributed by atoms with Crippen LogP contribution in [0.5, 0.6) is 5.88 Å². The number of benzene rings is 1. The quantitative estimate of drug-likeness (QED) is 0.556. The van der Waals surface area contributed by atoms with Crippen LogP contribution in [-0.4, -0.2) is 38.3 Å². The Bertz CT molecular complexity index is 863. The molecule has 1 aromatic carbocycles. The summed E-state index contributed by atoms with van der Waals surface area (Å²) in [6, 6.07) is 7.61. The highest BCUT2D eigenvalue weighted by molar-refractivity contribution is 5.54. The van der Waals surface area contributed by atoms with E-state index in [-0.39, 0.29) is 25.1 Å². The highest BCUT2D eigenvalue weighted by Gasteiger charge is 2.11. The lowest BCUT2D eigenvalue weighted by atomic mass is 10.1. The first-order chi connectivity index (χ1) is 13.1. The standard InChI is InChI=1S/C18H19FN6O2/c1-12(13-2-4-14(19)5-3-13)22-18-24-15(10-17(25-18)27-9-8-26)23-16-11-20-6-7-21-16/h2-7,10-12,26H,8-9H2,1H3,(H2,21,22,23,24,25). The third kappa shape index (κ3) is 5.32. The minimum Gasteiger partial charge on any atom is -0.475 e. The van der Waals surface area contributed by atoms with Gasteiger partial charge in [-0.2, -0.15) is 9.97 Å². The fraction of sp³-hybridized carbons (Fsp3) is 0.222. The fourth-order valence-corrected chi connectivity index (χ4v) is 2.30. The Balaban J connectivity index is 1.81. The summed E-state index contributed by atoms with van der Waals surface area (Å²) >= 11 is 0. The minimum atomic E-state index is -0.294. The number of aromatic nitrogens is 4. The lowest BCUT2D eigenvalue weighted by Crippen LogP contribution is -2.12. The number of hydrogen-bond donors (Lipinski definition) is 3. The molecule has 2 heterocycles. The fourth-order valence-electron chi connectivity index (χ4n) is 2.30. The predicted octanol–water partition coefficient (Wildman–Crippen LogP) is 2.69. The lowest BCUT2D eigenvalue weighted by Gasteiger charge is -2.16. The van der Waals surface area contributed by atoms with Gasteiger partial charge in [-0.15, -0.1) is 0 Å². The van der Waals surface area contributed by atoms with Crippen molar-refractivity contribution in [2.75, 3.05) is 23.8 Å². The van der Waals surface area contributed by atoms with Crippen molar-refractivity contribution in [2.45, 2.75) is 13.0 Å². The van der Waals surface area contributed by atoms with Crippen LogP contribution in [0, 0.1) is 5.82 Å². The molecule has 27 heavy (non-hydrogen) atoms. The van der Waals surface area contributed by atoms with Gasteiger partial charge in [0.2, 0.25) is 11.8 Å². The molecule has 0 aliphatic rings. The Morgan fingerprint density at radius 1 is 1.15 bits per heavy atom. The average molecular weight is 370 g/mol. The van der Waals surface area contributed by atoms with Crippen LogP contribution in [0.15, 0.2) is 48.9 Å². The molecule has 1 unspecified atom stereocenters. The second kappa shape index (κ2) is 8.86. The maximum atomic E-state index is 13.1. The van der Waals surface area contributed by atoms with Gasteiger partial charge in [0.15, 0.2) is 0 Å². The number of halogens is 1. The van der Waals surface area contributed by atoms with Gasteiger partial charge in [0.05, 0.1) is 18.8 Å². The Morgan fingerprint density at radius 2 is 1.96 bits per heavy atom. The summed E-state index contributed by atoms with van der Waals surface area (Å²) < 4.78 is 18.5. The lowest BCUT2D eigenvalue weighted by molar-refractivity contribution is 0.197.